The molecular formula is C4H5NO4S2. The molecule has 0 aromatic heterocycles. The van der Waals surface area contributed by atoms with Crippen LogP contribution in [-0.2, 0) is 19.9 Å². The summed E-state index contributed by atoms with van der Waals surface area (Å²) in [6.07, 6.45) is 2.07. The highest BCUT2D eigenvalue weighted by Gasteiger charge is 2.27. The molecule has 62 valence electrons. The van der Waals surface area contributed by atoms with Crippen molar-refractivity contribution in [2.75, 3.05) is 0 Å². The summed E-state index contributed by atoms with van der Waals surface area (Å²) < 4.78 is 41.9. The molecule has 0 aliphatic carbocycles. The van der Waals surface area contributed by atoms with Crippen molar-refractivity contribution < 1.29 is 16.8 Å². The average Bonchev–Trinajstić information content (AvgIpc) is 2.06. The van der Waals surface area contributed by atoms with Crippen molar-refractivity contribution in [2.24, 2.45) is 5.14 Å². The maximum atomic E-state index is 10.8. The van der Waals surface area contributed by atoms with Crippen LogP contribution in [-0.4, -0.2) is 16.8 Å². The lowest BCUT2D eigenvalue weighted by Gasteiger charge is -1.95. The molecule has 0 saturated heterocycles. The summed E-state index contributed by atoms with van der Waals surface area (Å²) in [5, 5.41) is 5.39. The molecule has 0 atom stereocenters. The van der Waals surface area contributed by atoms with Gasteiger partial charge in [-0.2, -0.15) is 0 Å². The highest BCUT2D eigenvalue weighted by atomic mass is 32.3. The molecule has 0 aromatic rings. The number of primary sulfonamides is 1. The van der Waals surface area contributed by atoms with Gasteiger partial charge in [-0.25, -0.2) is 22.0 Å². The fraction of sp³-hybridized carbons (Fsp3) is 0. The first-order valence-electron chi connectivity index (χ1n) is 2.50. The molecule has 0 radical (unpaired) electrons. The predicted molar refractivity (Wildman–Crippen MR) is 39.2 cm³/mol. The van der Waals surface area contributed by atoms with Gasteiger partial charge in [0.15, 0.2) is 4.24 Å². The molecule has 0 unspecified atom stereocenters. The van der Waals surface area contributed by atoms with Gasteiger partial charge in [0, 0.05) is 5.41 Å². The first-order valence-corrected chi connectivity index (χ1v) is 5.59. The van der Waals surface area contributed by atoms with E-state index in [0.29, 0.717) is 0 Å². The van der Waals surface area contributed by atoms with E-state index in [-0.39, 0.29) is 0 Å². The molecule has 0 aromatic carbocycles. The van der Waals surface area contributed by atoms with Crippen LogP contribution in [0.15, 0.2) is 21.8 Å². The number of nitrogens with two attached hydrogens (primary N) is 1. The average molecular weight is 195 g/mol. The normalized spacial score (nSPS) is 21.7. The lowest BCUT2D eigenvalue weighted by atomic mass is 10.6. The summed E-state index contributed by atoms with van der Waals surface area (Å²) in [4.78, 5) is 0. The first-order chi connectivity index (χ1) is 4.84. The molecule has 0 fully saturated rings. The molecule has 0 bridgehead atoms. The van der Waals surface area contributed by atoms with Crippen LogP contribution in [0.5, 0.6) is 0 Å². The fourth-order valence-electron chi connectivity index (χ4n) is 0.640. The Hall–Kier alpha value is -0.660. The van der Waals surface area contributed by atoms with E-state index in [9.17, 15) is 16.8 Å². The number of sulfone groups is 1. The van der Waals surface area contributed by atoms with Crippen molar-refractivity contribution in [1.82, 2.24) is 0 Å². The molecule has 1 rings (SSSR count). The number of hydrogen-bond acceptors (Lipinski definition) is 4. The summed E-state index contributed by atoms with van der Waals surface area (Å²) >= 11 is 0. The van der Waals surface area contributed by atoms with E-state index in [1.165, 1.54) is 0 Å². The molecule has 0 amide bonds. The van der Waals surface area contributed by atoms with Gasteiger partial charge in [0.1, 0.15) is 0 Å². The summed E-state index contributed by atoms with van der Waals surface area (Å²) in [6, 6.07) is 0. The highest BCUT2D eigenvalue weighted by Crippen LogP contribution is 2.18. The maximum Gasteiger partial charge on any atom is 0.249 e. The van der Waals surface area contributed by atoms with E-state index < -0.39 is 24.1 Å². The fourth-order valence-corrected chi connectivity index (χ4v) is 3.06. The Kier molecular flexibility index (Phi) is 1.66. The van der Waals surface area contributed by atoms with Gasteiger partial charge < -0.3 is 0 Å². The second-order valence-corrected chi connectivity index (χ2v) is 5.49. The van der Waals surface area contributed by atoms with Crippen molar-refractivity contribution in [1.29, 1.82) is 0 Å². The zero-order valence-corrected chi connectivity index (χ0v) is 6.89. The molecule has 1 heterocycles. The van der Waals surface area contributed by atoms with Gasteiger partial charge in [0.25, 0.3) is 0 Å². The Labute approximate surface area is 64.2 Å². The van der Waals surface area contributed by atoms with Crippen LogP contribution in [0.25, 0.3) is 0 Å². The van der Waals surface area contributed by atoms with E-state index in [2.05, 4.69) is 5.14 Å². The molecular weight excluding hydrogens is 190 g/mol. The molecule has 1 aliphatic rings. The second-order valence-electron chi connectivity index (χ2n) is 1.90. The van der Waals surface area contributed by atoms with E-state index in [1.807, 2.05) is 0 Å². The molecule has 5 nitrogen and oxygen atoms in total. The Balaban J connectivity index is 3.38. The largest absolute Gasteiger partial charge is 0.249 e. The van der Waals surface area contributed by atoms with Crippen LogP contribution >= 0.6 is 0 Å². The Morgan fingerprint density at radius 2 is 1.91 bits per heavy atom. The van der Waals surface area contributed by atoms with Gasteiger partial charge >= 0.3 is 0 Å². The summed E-state index contributed by atoms with van der Waals surface area (Å²) in [5.74, 6) is 0. The van der Waals surface area contributed by atoms with Crippen LogP contribution in [0.2, 0.25) is 0 Å². The number of hydrogen-bond donors (Lipinski definition) is 1. The minimum Gasteiger partial charge on any atom is -0.224 e. The lowest BCUT2D eigenvalue weighted by molar-refractivity contribution is 0.600. The number of allylic oxidation sites excluding steroid dienone is 2. The molecule has 1 aliphatic heterocycles. The predicted octanol–water partition coefficient (Wildman–Crippen LogP) is -0.942. The third kappa shape index (κ3) is 1.50. The van der Waals surface area contributed by atoms with Crippen LogP contribution in [0.1, 0.15) is 0 Å². The quantitative estimate of drug-likeness (QED) is 0.584. The van der Waals surface area contributed by atoms with Gasteiger partial charge in [-0.1, -0.05) is 0 Å². The van der Waals surface area contributed by atoms with E-state index in [1.54, 1.807) is 0 Å². The van der Waals surface area contributed by atoms with E-state index in [4.69, 9.17) is 0 Å². The van der Waals surface area contributed by atoms with Crippen molar-refractivity contribution in [2.45, 2.75) is 0 Å². The van der Waals surface area contributed by atoms with Crippen LogP contribution in [0, 0.1) is 0 Å². The maximum absolute atomic E-state index is 10.8. The summed E-state index contributed by atoms with van der Waals surface area (Å²) in [7, 11) is -7.88. The zero-order valence-electron chi connectivity index (χ0n) is 5.26. The Morgan fingerprint density at radius 1 is 1.36 bits per heavy atom. The second kappa shape index (κ2) is 2.16. The topological polar surface area (TPSA) is 94.3 Å². The standard InChI is InChI=1S/C4H5NO4S2/c5-11(8,9)4-2-1-3-10(4,6)7/h1-3H,(H2,5,8,9). The lowest BCUT2D eigenvalue weighted by Crippen LogP contribution is -2.18. The van der Waals surface area contributed by atoms with Crippen molar-refractivity contribution in [3.63, 3.8) is 0 Å². The number of rotatable bonds is 1. The smallest absolute Gasteiger partial charge is 0.224 e. The summed E-state index contributed by atoms with van der Waals surface area (Å²) in [5.41, 5.74) is 0. The van der Waals surface area contributed by atoms with E-state index >= 15 is 0 Å². The van der Waals surface area contributed by atoms with Gasteiger partial charge in [0.2, 0.25) is 19.9 Å². The van der Waals surface area contributed by atoms with Gasteiger partial charge in [-0.15, -0.1) is 0 Å². The zero-order chi connectivity index (χ0) is 8.70. The van der Waals surface area contributed by atoms with Gasteiger partial charge in [0.05, 0.1) is 0 Å². The monoisotopic (exact) mass is 195 g/mol. The molecule has 0 saturated carbocycles. The summed E-state index contributed by atoms with van der Waals surface area (Å²) in [6.45, 7) is 0. The Morgan fingerprint density at radius 3 is 2.09 bits per heavy atom. The van der Waals surface area contributed by atoms with Gasteiger partial charge in [-0.3, -0.25) is 0 Å². The highest BCUT2D eigenvalue weighted by molar-refractivity contribution is 8.15. The van der Waals surface area contributed by atoms with E-state index in [0.717, 1.165) is 17.6 Å². The number of sulfonamides is 1. The third-order valence-corrected chi connectivity index (χ3v) is 4.35. The minimum atomic E-state index is -4.10. The molecule has 2 N–H and O–H groups in total. The SMILES string of the molecule is NS(=O)(=O)C1=CC=CS1(=O)=O. The minimum absolute atomic E-state index is 0.745. The van der Waals surface area contributed by atoms with Crippen LogP contribution in [0.3, 0.4) is 0 Å². The first kappa shape index (κ1) is 8.44. The van der Waals surface area contributed by atoms with Crippen molar-refractivity contribution >= 4 is 19.9 Å². The van der Waals surface area contributed by atoms with Gasteiger partial charge in [-0.05, 0) is 12.2 Å². The van der Waals surface area contributed by atoms with Crippen LogP contribution in [0.4, 0.5) is 0 Å². The van der Waals surface area contributed by atoms with Crippen LogP contribution < -0.4 is 5.14 Å². The Bertz CT molecular complexity index is 425. The van der Waals surface area contributed by atoms with Crippen molar-refractivity contribution in [3.05, 3.63) is 21.8 Å². The third-order valence-electron chi connectivity index (χ3n) is 1.05. The van der Waals surface area contributed by atoms with Crippen molar-refractivity contribution in [3.8, 4) is 0 Å². The molecule has 0 spiro atoms. The molecule has 11 heavy (non-hydrogen) atoms. The molecule has 7 heteroatoms.